The Kier molecular flexibility index (Phi) is 6.24. The Hall–Kier alpha value is -4.35. The maximum atomic E-state index is 12.5. The molecule has 0 unspecified atom stereocenters. The summed E-state index contributed by atoms with van der Waals surface area (Å²) >= 11 is 5.23. The predicted octanol–water partition coefficient (Wildman–Crippen LogP) is 1.06. The van der Waals surface area contributed by atoms with Gasteiger partial charge < -0.3 is 15.5 Å². The van der Waals surface area contributed by atoms with Crippen molar-refractivity contribution in [1.29, 1.82) is 5.53 Å². The van der Waals surface area contributed by atoms with Crippen molar-refractivity contribution in [3.05, 3.63) is 108 Å². The van der Waals surface area contributed by atoms with Gasteiger partial charge in [-0.3, -0.25) is 19.3 Å². The molecule has 0 saturated carbocycles. The molecule has 4 aromatic rings. The minimum absolute atomic E-state index is 0.0774. The quantitative estimate of drug-likeness (QED) is 0.113. The molecule has 0 fully saturated rings. The van der Waals surface area contributed by atoms with E-state index >= 15 is 0 Å². The van der Waals surface area contributed by atoms with E-state index < -0.39 is 5.56 Å². The first-order chi connectivity index (χ1) is 16.0. The van der Waals surface area contributed by atoms with Gasteiger partial charge >= 0.3 is 0 Å². The number of benzene rings is 1. The zero-order chi connectivity index (χ0) is 23.4. The molecule has 166 valence electrons. The van der Waals surface area contributed by atoms with Gasteiger partial charge in [-0.1, -0.05) is 30.3 Å². The highest BCUT2D eigenvalue weighted by atomic mass is 32.1. The number of nitrogens with zero attached hydrogens (tertiary/aromatic N) is 3. The van der Waals surface area contributed by atoms with Gasteiger partial charge in [-0.25, -0.2) is 11.4 Å². The first kappa shape index (κ1) is 21.9. The molecule has 0 amide bonds. The van der Waals surface area contributed by atoms with E-state index in [-0.39, 0.29) is 28.6 Å². The van der Waals surface area contributed by atoms with Crippen LogP contribution in [0.25, 0.3) is 11.9 Å². The fourth-order valence-electron chi connectivity index (χ4n) is 3.31. The van der Waals surface area contributed by atoms with Crippen LogP contribution in [0.2, 0.25) is 0 Å². The third-order valence-corrected chi connectivity index (χ3v) is 5.30. The lowest BCUT2D eigenvalue weighted by Gasteiger charge is -2.10. The molecular formula is C22H20N8O2S. The second-order valence-corrected chi connectivity index (χ2v) is 7.44. The lowest BCUT2D eigenvalue weighted by molar-refractivity contribution is 0.410. The van der Waals surface area contributed by atoms with E-state index in [0.717, 1.165) is 10.6 Å². The van der Waals surface area contributed by atoms with Crippen LogP contribution in [0.5, 0.6) is 5.88 Å². The van der Waals surface area contributed by atoms with Crippen LogP contribution < -0.4 is 27.4 Å². The Bertz CT molecular complexity index is 1630. The summed E-state index contributed by atoms with van der Waals surface area (Å²) in [5.74, 6) is 5.36. The predicted molar refractivity (Wildman–Crippen MR) is 124 cm³/mol. The minimum atomic E-state index is -0.494. The number of nitrogens with two attached hydrogens (primary N) is 1. The van der Waals surface area contributed by atoms with Gasteiger partial charge in [-0.05, 0) is 47.8 Å². The van der Waals surface area contributed by atoms with Crippen LogP contribution in [0.4, 0.5) is 0 Å². The lowest BCUT2D eigenvalue weighted by atomic mass is 10.2. The van der Waals surface area contributed by atoms with Gasteiger partial charge in [0.05, 0.1) is 12.2 Å². The van der Waals surface area contributed by atoms with E-state index in [2.05, 4.69) is 25.5 Å². The van der Waals surface area contributed by atoms with Crippen molar-refractivity contribution in [1.82, 2.24) is 24.9 Å². The van der Waals surface area contributed by atoms with Crippen LogP contribution in [0, 0.1) is 20.9 Å². The second kappa shape index (κ2) is 9.42. The maximum absolute atomic E-state index is 12.5. The number of aromatic hydroxyl groups is 1. The van der Waals surface area contributed by atoms with Crippen molar-refractivity contribution in [3.8, 4) is 5.88 Å². The minimum Gasteiger partial charge on any atom is -0.494 e. The topological polar surface area (TPSA) is 161 Å². The van der Waals surface area contributed by atoms with E-state index in [0.29, 0.717) is 16.3 Å². The number of aromatic amines is 2. The molecular weight excluding hydrogens is 440 g/mol. The van der Waals surface area contributed by atoms with Crippen LogP contribution in [-0.2, 0) is 6.54 Å². The van der Waals surface area contributed by atoms with Crippen molar-refractivity contribution in [3.63, 3.8) is 0 Å². The van der Waals surface area contributed by atoms with Crippen molar-refractivity contribution in [2.24, 2.45) is 11.0 Å². The highest BCUT2D eigenvalue weighted by Gasteiger charge is 2.11. The molecule has 1 aromatic carbocycles. The molecule has 0 aliphatic heterocycles. The number of hydrogen-bond donors (Lipinski definition) is 6. The summed E-state index contributed by atoms with van der Waals surface area (Å²) in [6, 6.07) is 16.4. The van der Waals surface area contributed by atoms with Crippen molar-refractivity contribution >= 4 is 24.1 Å². The molecule has 0 atom stereocenters. The van der Waals surface area contributed by atoms with Crippen molar-refractivity contribution in [2.45, 2.75) is 6.54 Å². The van der Waals surface area contributed by atoms with Gasteiger partial charge in [0.15, 0.2) is 10.6 Å². The molecule has 3 aromatic heterocycles. The zero-order valence-corrected chi connectivity index (χ0v) is 18.1. The van der Waals surface area contributed by atoms with Gasteiger partial charge in [-0.15, -0.1) is 5.11 Å². The van der Waals surface area contributed by atoms with E-state index in [1.807, 2.05) is 24.3 Å². The molecule has 33 heavy (non-hydrogen) atoms. The number of pyridine rings is 1. The van der Waals surface area contributed by atoms with Crippen LogP contribution in [-0.4, -0.2) is 24.6 Å². The second-order valence-electron chi connectivity index (χ2n) is 7.06. The molecule has 0 saturated heterocycles. The summed E-state index contributed by atoms with van der Waals surface area (Å²) < 4.78 is 1.53. The summed E-state index contributed by atoms with van der Waals surface area (Å²) in [5, 5.41) is 17.1. The van der Waals surface area contributed by atoms with Crippen LogP contribution in [0.3, 0.4) is 0 Å². The number of rotatable bonds is 5. The summed E-state index contributed by atoms with van der Waals surface area (Å²) in [4.78, 5) is 22.6. The number of hydrogen-bond acceptors (Lipinski definition) is 8. The molecule has 4 rings (SSSR count). The van der Waals surface area contributed by atoms with E-state index in [4.69, 9.17) is 23.6 Å². The summed E-state index contributed by atoms with van der Waals surface area (Å²) in [7, 11) is 0. The molecule has 0 bridgehead atoms. The van der Waals surface area contributed by atoms with Gasteiger partial charge in [-0.2, -0.15) is 0 Å². The van der Waals surface area contributed by atoms with Crippen LogP contribution in [0.15, 0.2) is 70.7 Å². The Labute approximate surface area is 191 Å². The molecule has 3 heterocycles. The standard InChI is InChI=1S/C22H20N8O2S/c23-28-19(29-24)14-6-4-13(5-7-14)18-9-8-15(26-18)11-17-20(31)27-22(33)30(21(17)32)12-16-3-1-2-10-25-16/h1-11,23,26,29,32H,12,24H2,(H,27,31,33). The number of hydrazine groups is 1. The average Bonchev–Trinajstić information content (AvgIpc) is 3.30. The van der Waals surface area contributed by atoms with Crippen molar-refractivity contribution in [2.75, 3.05) is 0 Å². The summed E-state index contributed by atoms with van der Waals surface area (Å²) in [5.41, 5.74) is 9.77. The summed E-state index contributed by atoms with van der Waals surface area (Å²) in [6.45, 7) is 0.215. The Balaban J connectivity index is 1.80. The first-order valence-electron chi connectivity index (χ1n) is 9.81. The summed E-state index contributed by atoms with van der Waals surface area (Å²) in [6.07, 6.45) is 3.20. The highest BCUT2D eigenvalue weighted by molar-refractivity contribution is 7.71. The molecule has 11 heteroatoms. The molecule has 0 aliphatic rings. The van der Waals surface area contributed by atoms with Crippen LogP contribution >= 0.6 is 12.2 Å². The van der Waals surface area contributed by atoms with Crippen molar-refractivity contribution < 1.29 is 5.11 Å². The fraction of sp³-hybridized carbons (Fsp3) is 0.0455. The van der Waals surface area contributed by atoms with Crippen LogP contribution in [0.1, 0.15) is 11.3 Å². The first-order valence-corrected chi connectivity index (χ1v) is 10.2. The fourth-order valence-corrected chi connectivity index (χ4v) is 3.56. The number of H-pyrrole nitrogens is 2. The number of aromatic nitrogens is 4. The lowest BCUT2D eigenvalue weighted by Crippen LogP contribution is -2.24. The maximum Gasteiger partial charge on any atom is 0.262 e. The third-order valence-electron chi connectivity index (χ3n) is 4.98. The Morgan fingerprint density at radius 1 is 1.21 bits per heavy atom. The van der Waals surface area contributed by atoms with Gasteiger partial charge in [0.1, 0.15) is 5.56 Å². The average molecular weight is 461 g/mol. The SMILES string of the molecule is N=NC(NN)=c1ccc(=c2ccc(=Cc3c(O)n(Cc4ccccn4)c(=S)[nH]c3=O)[nH]2)cc1. The third kappa shape index (κ3) is 4.63. The Morgan fingerprint density at radius 2 is 2.00 bits per heavy atom. The monoisotopic (exact) mass is 460 g/mol. The highest BCUT2D eigenvalue weighted by Crippen LogP contribution is 2.15. The Morgan fingerprint density at radius 3 is 2.67 bits per heavy atom. The van der Waals surface area contributed by atoms with E-state index in [1.165, 1.54) is 4.57 Å². The number of nitrogens with one attached hydrogen (secondary N) is 4. The normalized spacial score (nSPS) is 11.4. The van der Waals surface area contributed by atoms with Gasteiger partial charge in [0, 0.05) is 22.1 Å². The molecule has 10 nitrogen and oxygen atoms in total. The van der Waals surface area contributed by atoms with Gasteiger partial charge in [0.25, 0.3) is 5.56 Å². The molecule has 0 aliphatic carbocycles. The smallest absolute Gasteiger partial charge is 0.262 e. The molecule has 0 radical (unpaired) electrons. The largest absolute Gasteiger partial charge is 0.494 e. The van der Waals surface area contributed by atoms with E-state index in [1.54, 1.807) is 42.6 Å². The zero-order valence-electron chi connectivity index (χ0n) is 17.2. The molecule has 0 spiro atoms. The van der Waals surface area contributed by atoms with Gasteiger partial charge in [0.2, 0.25) is 5.88 Å². The molecule has 7 N–H and O–H groups in total. The van der Waals surface area contributed by atoms with E-state index in [9.17, 15) is 9.90 Å².